The van der Waals surface area contributed by atoms with Gasteiger partial charge in [-0.25, -0.2) is 4.98 Å². The summed E-state index contributed by atoms with van der Waals surface area (Å²) in [6, 6.07) is 11.6. The number of amides is 1. The normalized spacial score (nSPS) is 21.7. The van der Waals surface area contributed by atoms with Gasteiger partial charge < -0.3 is 25.8 Å². The smallest absolute Gasteiger partial charge is 0.227 e. The van der Waals surface area contributed by atoms with E-state index in [0.717, 1.165) is 75.0 Å². The fourth-order valence-corrected chi connectivity index (χ4v) is 6.50. The summed E-state index contributed by atoms with van der Waals surface area (Å²) < 4.78 is 2.27. The van der Waals surface area contributed by atoms with E-state index < -0.39 is 0 Å². The van der Waals surface area contributed by atoms with Crippen LogP contribution in [0.3, 0.4) is 0 Å². The molecule has 2 aliphatic carbocycles. The molecule has 11 heteroatoms. The van der Waals surface area contributed by atoms with E-state index in [9.17, 15) is 4.79 Å². The number of imidazole rings is 1. The molecule has 2 aromatic heterocycles. The predicted octanol–water partition coefficient (Wildman–Crippen LogP) is 5.50. The highest BCUT2D eigenvalue weighted by Crippen LogP contribution is 2.34. The molecule has 3 aromatic rings. The summed E-state index contributed by atoms with van der Waals surface area (Å²) >= 11 is 0. The molecule has 3 aliphatic rings. The first-order valence-corrected chi connectivity index (χ1v) is 15.0. The van der Waals surface area contributed by atoms with Crippen molar-refractivity contribution in [1.82, 2.24) is 24.4 Å². The van der Waals surface area contributed by atoms with Gasteiger partial charge in [-0.05, 0) is 63.4 Å². The van der Waals surface area contributed by atoms with E-state index in [1.165, 1.54) is 31.2 Å². The number of halogens is 2. The molecule has 3 heterocycles. The van der Waals surface area contributed by atoms with Crippen LogP contribution in [0, 0.1) is 0 Å². The van der Waals surface area contributed by atoms with Crippen LogP contribution in [0.25, 0.3) is 11.2 Å². The summed E-state index contributed by atoms with van der Waals surface area (Å²) in [5.74, 6) is 1.73. The zero-order valence-corrected chi connectivity index (χ0v) is 25.3. The lowest BCUT2D eigenvalue weighted by molar-refractivity contribution is -0.132. The van der Waals surface area contributed by atoms with Crippen molar-refractivity contribution in [1.29, 1.82) is 0 Å². The molecule has 224 valence electrons. The van der Waals surface area contributed by atoms with E-state index in [0.29, 0.717) is 30.5 Å². The number of hydrogen-bond donors (Lipinski definition) is 3. The molecular formula is C30H44Cl2N8O. The standard InChI is InChI=1S/C30H42N8O.2ClH/c31-22-11-13-23(14-12-22)34-30-35-28(27-29(36-30)38(20-32-27)25-8-4-5-9-25)33-24-16-18-37(19-17-24)26(39)15-10-21-6-2-1-3-7-21;;/h1-3,6-7,20,22-25H,4-5,8-19,31H2,(H2,33,34,35,36);2*1H. The fraction of sp³-hybridized carbons (Fsp3) is 0.600. The third kappa shape index (κ3) is 7.62. The van der Waals surface area contributed by atoms with Gasteiger partial charge in [0.2, 0.25) is 11.9 Å². The molecule has 0 bridgehead atoms. The number of rotatable bonds is 8. The Balaban J connectivity index is 0.00000194. The van der Waals surface area contributed by atoms with Gasteiger partial charge in [-0.15, -0.1) is 24.8 Å². The van der Waals surface area contributed by atoms with Crippen molar-refractivity contribution in [3.05, 3.63) is 42.2 Å². The molecule has 0 spiro atoms. The van der Waals surface area contributed by atoms with Gasteiger partial charge in [-0.1, -0.05) is 43.2 Å². The molecular weight excluding hydrogens is 559 g/mol. The van der Waals surface area contributed by atoms with E-state index in [1.807, 2.05) is 29.4 Å². The van der Waals surface area contributed by atoms with E-state index in [1.54, 1.807) is 0 Å². The Morgan fingerprint density at radius 1 is 0.878 bits per heavy atom. The minimum Gasteiger partial charge on any atom is -0.365 e. The average Bonchev–Trinajstić information content (AvgIpc) is 3.64. The lowest BCUT2D eigenvalue weighted by Crippen LogP contribution is -2.42. The number of benzene rings is 1. The summed E-state index contributed by atoms with van der Waals surface area (Å²) in [4.78, 5) is 29.6. The molecule has 1 amide bonds. The van der Waals surface area contributed by atoms with E-state index in [4.69, 9.17) is 20.7 Å². The minimum atomic E-state index is 0. The molecule has 1 aliphatic heterocycles. The van der Waals surface area contributed by atoms with Gasteiger partial charge in [0.1, 0.15) is 0 Å². The lowest BCUT2D eigenvalue weighted by atomic mass is 9.92. The maximum atomic E-state index is 12.8. The van der Waals surface area contributed by atoms with Crippen LogP contribution in [0.1, 0.15) is 82.2 Å². The van der Waals surface area contributed by atoms with Crippen LogP contribution < -0.4 is 16.4 Å². The SMILES string of the molecule is Cl.Cl.NC1CCC(Nc2nc(NC3CCN(C(=O)CCc4ccccc4)CC3)c3ncn(C4CCCC4)c3n2)CC1. The quantitative estimate of drug-likeness (QED) is 0.312. The molecule has 0 radical (unpaired) electrons. The van der Waals surface area contributed by atoms with Crippen LogP contribution in [0.2, 0.25) is 0 Å². The average molecular weight is 604 g/mol. The first-order chi connectivity index (χ1) is 19.1. The summed E-state index contributed by atoms with van der Waals surface area (Å²) in [6.07, 6.45) is 14.2. The van der Waals surface area contributed by atoms with Gasteiger partial charge in [0, 0.05) is 43.7 Å². The number of nitrogens with two attached hydrogens (primary N) is 1. The van der Waals surface area contributed by atoms with Gasteiger partial charge in [-0.3, -0.25) is 4.79 Å². The second-order valence-electron chi connectivity index (χ2n) is 11.7. The zero-order chi connectivity index (χ0) is 26.6. The maximum absolute atomic E-state index is 12.8. The molecule has 0 unspecified atom stereocenters. The maximum Gasteiger partial charge on any atom is 0.227 e. The number of hydrogen-bond acceptors (Lipinski definition) is 7. The van der Waals surface area contributed by atoms with E-state index in [-0.39, 0.29) is 36.8 Å². The molecule has 6 rings (SSSR count). The van der Waals surface area contributed by atoms with Crippen LogP contribution in [0.5, 0.6) is 0 Å². The van der Waals surface area contributed by atoms with Gasteiger partial charge in [0.25, 0.3) is 0 Å². The second-order valence-corrected chi connectivity index (χ2v) is 11.7. The number of carbonyl (C=O) groups is 1. The highest BCUT2D eigenvalue weighted by molar-refractivity contribution is 5.86. The van der Waals surface area contributed by atoms with Gasteiger partial charge in [0.15, 0.2) is 17.0 Å². The predicted molar refractivity (Wildman–Crippen MR) is 169 cm³/mol. The third-order valence-corrected chi connectivity index (χ3v) is 8.90. The van der Waals surface area contributed by atoms with E-state index in [2.05, 4.69) is 27.3 Å². The Morgan fingerprint density at radius 2 is 1.56 bits per heavy atom. The second kappa shape index (κ2) is 14.5. The number of aryl methyl sites for hydroxylation is 1. The Kier molecular flexibility index (Phi) is 11.1. The van der Waals surface area contributed by atoms with Crippen molar-refractivity contribution in [2.75, 3.05) is 23.7 Å². The van der Waals surface area contributed by atoms with Crippen molar-refractivity contribution in [2.24, 2.45) is 5.73 Å². The number of nitrogens with zero attached hydrogens (tertiary/aromatic N) is 5. The van der Waals surface area contributed by atoms with E-state index >= 15 is 0 Å². The number of anilines is 2. The number of carbonyl (C=O) groups excluding carboxylic acids is 1. The number of aromatic nitrogens is 4. The Hall–Kier alpha value is -2.62. The third-order valence-electron chi connectivity index (χ3n) is 8.90. The summed E-state index contributed by atoms with van der Waals surface area (Å²) in [7, 11) is 0. The molecule has 1 saturated heterocycles. The Morgan fingerprint density at radius 3 is 2.27 bits per heavy atom. The fourth-order valence-electron chi connectivity index (χ4n) is 6.50. The van der Waals surface area contributed by atoms with Crippen LogP contribution in [0.4, 0.5) is 11.8 Å². The molecule has 3 fully saturated rings. The van der Waals surface area contributed by atoms with Gasteiger partial charge in [-0.2, -0.15) is 9.97 Å². The van der Waals surface area contributed by atoms with Crippen LogP contribution in [-0.4, -0.2) is 61.5 Å². The Bertz CT molecular complexity index is 1250. The van der Waals surface area contributed by atoms with Crippen LogP contribution >= 0.6 is 24.8 Å². The highest BCUT2D eigenvalue weighted by Gasteiger charge is 2.27. The molecule has 4 N–H and O–H groups in total. The monoisotopic (exact) mass is 602 g/mol. The van der Waals surface area contributed by atoms with Crippen molar-refractivity contribution in [2.45, 2.75) is 101 Å². The van der Waals surface area contributed by atoms with Crippen LogP contribution in [0.15, 0.2) is 36.7 Å². The number of nitrogens with one attached hydrogen (secondary N) is 2. The van der Waals surface area contributed by atoms with Crippen molar-refractivity contribution >= 4 is 53.7 Å². The Labute approximate surface area is 255 Å². The van der Waals surface area contributed by atoms with Gasteiger partial charge >= 0.3 is 0 Å². The summed E-state index contributed by atoms with van der Waals surface area (Å²) in [5.41, 5.74) is 9.12. The molecule has 1 aromatic carbocycles. The largest absolute Gasteiger partial charge is 0.365 e. The molecule has 9 nitrogen and oxygen atoms in total. The van der Waals surface area contributed by atoms with Crippen LogP contribution in [-0.2, 0) is 11.2 Å². The van der Waals surface area contributed by atoms with Crippen molar-refractivity contribution < 1.29 is 4.79 Å². The first-order valence-electron chi connectivity index (χ1n) is 15.0. The molecule has 41 heavy (non-hydrogen) atoms. The zero-order valence-electron chi connectivity index (χ0n) is 23.7. The topological polar surface area (TPSA) is 114 Å². The molecule has 0 atom stereocenters. The number of fused-ring (bicyclic) bond motifs is 1. The highest BCUT2D eigenvalue weighted by atomic mass is 35.5. The molecule has 2 saturated carbocycles. The lowest BCUT2D eigenvalue weighted by Gasteiger charge is -2.33. The van der Waals surface area contributed by atoms with Crippen molar-refractivity contribution in [3.63, 3.8) is 0 Å². The van der Waals surface area contributed by atoms with Gasteiger partial charge in [0.05, 0.1) is 6.33 Å². The van der Waals surface area contributed by atoms with Crippen molar-refractivity contribution in [3.8, 4) is 0 Å². The minimum absolute atomic E-state index is 0. The first kappa shape index (κ1) is 31.3. The number of likely N-dealkylation sites (tertiary alicyclic amines) is 1. The number of piperidine rings is 1. The summed E-state index contributed by atoms with van der Waals surface area (Å²) in [5, 5.41) is 7.32. The summed E-state index contributed by atoms with van der Waals surface area (Å²) in [6.45, 7) is 1.53.